The summed E-state index contributed by atoms with van der Waals surface area (Å²) in [7, 11) is 0. The minimum Gasteiger partial charge on any atom is -0.492 e. The molecule has 0 aliphatic carbocycles. The Bertz CT molecular complexity index is 519. The molecule has 6 nitrogen and oxygen atoms in total. The molecule has 1 unspecified atom stereocenters. The molecule has 23 heavy (non-hydrogen) atoms. The lowest BCUT2D eigenvalue weighted by molar-refractivity contribution is -0.141. The summed E-state index contributed by atoms with van der Waals surface area (Å²) in [6.45, 7) is 7.74. The first-order chi connectivity index (χ1) is 10.7. The van der Waals surface area contributed by atoms with E-state index in [4.69, 9.17) is 14.6 Å². The van der Waals surface area contributed by atoms with Crippen molar-refractivity contribution in [2.24, 2.45) is 5.92 Å². The lowest BCUT2D eigenvalue weighted by Gasteiger charge is -2.19. The van der Waals surface area contributed by atoms with E-state index in [1.165, 1.54) is 0 Å². The van der Waals surface area contributed by atoms with E-state index in [1.807, 2.05) is 12.1 Å². The average molecular weight is 323 g/mol. The van der Waals surface area contributed by atoms with Gasteiger partial charge in [0.15, 0.2) is 0 Å². The Morgan fingerprint density at radius 2 is 1.83 bits per heavy atom. The van der Waals surface area contributed by atoms with Crippen LogP contribution < -0.4 is 10.1 Å². The summed E-state index contributed by atoms with van der Waals surface area (Å²) in [5, 5.41) is 11.5. The molecule has 0 aromatic heterocycles. The van der Waals surface area contributed by atoms with Gasteiger partial charge >= 0.3 is 12.1 Å². The van der Waals surface area contributed by atoms with Crippen LogP contribution >= 0.6 is 0 Å². The number of nitrogens with one attached hydrogen (secondary N) is 1. The molecular weight excluding hydrogens is 298 g/mol. The van der Waals surface area contributed by atoms with E-state index in [2.05, 4.69) is 5.32 Å². The van der Waals surface area contributed by atoms with Crippen molar-refractivity contribution in [2.75, 3.05) is 13.2 Å². The van der Waals surface area contributed by atoms with Crippen LogP contribution in [0.1, 0.15) is 33.3 Å². The number of carbonyl (C=O) groups excluding carboxylic acids is 1. The van der Waals surface area contributed by atoms with Gasteiger partial charge in [0.1, 0.15) is 18.0 Å². The number of carbonyl (C=O) groups is 2. The fourth-order valence-corrected chi connectivity index (χ4v) is 1.80. The number of hydrogen-bond donors (Lipinski definition) is 2. The van der Waals surface area contributed by atoms with Crippen LogP contribution in [-0.4, -0.2) is 35.9 Å². The number of rotatable bonds is 7. The quantitative estimate of drug-likeness (QED) is 0.754. The first-order valence-corrected chi connectivity index (χ1v) is 7.59. The third-order valence-electron chi connectivity index (χ3n) is 2.93. The SMILES string of the molecule is CC(Cc1ccc(OCCNC(=O)OC(C)(C)C)cc1)C(=O)O. The van der Waals surface area contributed by atoms with Gasteiger partial charge in [-0.25, -0.2) is 4.79 Å². The highest BCUT2D eigenvalue weighted by atomic mass is 16.6. The highest BCUT2D eigenvalue weighted by molar-refractivity contribution is 5.69. The van der Waals surface area contributed by atoms with Crippen molar-refractivity contribution in [1.82, 2.24) is 5.32 Å². The largest absolute Gasteiger partial charge is 0.492 e. The Morgan fingerprint density at radius 1 is 1.22 bits per heavy atom. The maximum atomic E-state index is 11.4. The topological polar surface area (TPSA) is 84.9 Å². The van der Waals surface area contributed by atoms with Crippen LogP contribution in [0.5, 0.6) is 5.75 Å². The molecule has 0 saturated heterocycles. The fourth-order valence-electron chi connectivity index (χ4n) is 1.80. The zero-order chi connectivity index (χ0) is 17.5. The minimum atomic E-state index is -0.807. The summed E-state index contributed by atoms with van der Waals surface area (Å²) in [5.41, 5.74) is 0.424. The molecule has 2 N–H and O–H groups in total. The Morgan fingerprint density at radius 3 is 2.35 bits per heavy atom. The van der Waals surface area contributed by atoms with Gasteiger partial charge in [0.25, 0.3) is 0 Å². The second-order valence-electron chi connectivity index (χ2n) is 6.36. The van der Waals surface area contributed by atoms with E-state index in [0.717, 1.165) is 5.56 Å². The van der Waals surface area contributed by atoms with Gasteiger partial charge in [-0.05, 0) is 44.9 Å². The van der Waals surface area contributed by atoms with Crippen molar-refractivity contribution >= 4 is 12.1 Å². The molecule has 1 aromatic carbocycles. The molecule has 0 spiro atoms. The van der Waals surface area contributed by atoms with E-state index >= 15 is 0 Å². The zero-order valence-corrected chi connectivity index (χ0v) is 14.1. The number of aliphatic carboxylic acids is 1. The van der Waals surface area contributed by atoms with Crippen LogP contribution in [0.2, 0.25) is 0 Å². The van der Waals surface area contributed by atoms with Crippen molar-refractivity contribution in [3.05, 3.63) is 29.8 Å². The number of amides is 1. The molecule has 0 heterocycles. The summed E-state index contributed by atoms with van der Waals surface area (Å²) in [4.78, 5) is 22.3. The maximum absolute atomic E-state index is 11.4. The molecule has 128 valence electrons. The lowest BCUT2D eigenvalue weighted by Crippen LogP contribution is -2.34. The molecule has 1 aromatic rings. The molecule has 6 heteroatoms. The van der Waals surface area contributed by atoms with Crippen molar-refractivity contribution < 1.29 is 24.2 Å². The van der Waals surface area contributed by atoms with Crippen LogP contribution in [0, 0.1) is 5.92 Å². The number of carboxylic acids is 1. The first-order valence-electron chi connectivity index (χ1n) is 7.59. The number of carboxylic acid groups (broad SMARTS) is 1. The Kier molecular flexibility index (Phi) is 6.88. The smallest absolute Gasteiger partial charge is 0.407 e. The maximum Gasteiger partial charge on any atom is 0.407 e. The minimum absolute atomic E-state index is 0.324. The molecule has 0 radical (unpaired) electrons. The molecule has 0 aliphatic heterocycles. The van der Waals surface area contributed by atoms with E-state index in [0.29, 0.717) is 25.3 Å². The van der Waals surface area contributed by atoms with Gasteiger partial charge in [0, 0.05) is 0 Å². The van der Waals surface area contributed by atoms with Gasteiger partial charge in [0.2, 0.25) is 0 Å². The average Bonchev–Trinajstić information content (AvgIpc) is 2.43. The molecule has 0 saturated carbocycles. The third kappa shape index (κ3) is 8.09. The van der Waals surface area contributed by atoms with Crippen molar-refractivity contribution in [3.63, 3.8) is 0 Å². The molecule has 1 rings (SSSR count). The Labute approximate surface area is 136 Å². The van der Waals surface area contributed by atoms with Crippen LogP contribution in [-0.2, 0) is 16.0 Å². The second-order valence-corrected chi connectivity index (χ2v) is 6.36. The van der Waals surface area contributed by atoms with Crippen molar-refractivity contribution in [3.8, 4) is 5.75 Å². The molecule has 1 amide bonds. The van der Waals surface area contributed by atoms with Crippen molar-refractivity contribution in [1.29, 1.82) is 0 Å². The summed E-state index contributed by atoms with van der Waals surface area (Å²) in [6, 6.07) is 7.26. The van der Waals surface area contributed by atoms with E-state index in [9.17, 15) is 9.59 Å². The van der Waals surface area contributed by atoms with Crippen molar-refractivity contribution in [2.45, 2.75) is 39.7 Å². The fraction of sp³-hybridized carbons (Fsp3) is 0.529. The third-order valence-corrected chi connectivity index (χ3v) is 2.93. The van der Waals surface area contributed by atoms with Crippen LogP contribution in [0.15, 0.2) is 24.3 Å². The second kappa shape index (κ2) is 8.41. The molecular formula is C17H25NO5. The van der Waals surface area contributed by atoms with Crippen LogP contribution in [0.3, 0.4) is 0 Å². The number of hydrogen-bond acceptors (Lipinski definition) is 4. The first kappa shape index (κ1) is 18.8. The van der Waals surface area contributed by atoms with Gasteiger partial charge in [0.05, 0.1) is 12.5 Å². The number of alkyl carbamates (subject to hydrolysis) is 1. The van der Waals surface area contributed by atoms with Gasteiger partial charge in [-0.2, -0.15) is 0 Å². The van der Waals surface area contributed by atoms with Gasteiger partial charge < -0.3 is 19.9 Å². The highest BCUT2D eigenvalue weighted by Gasteiger charge is 2.15. The van der Waals surface area contributed by atoms with E-state index in [1.54, 1.807) is 39.8 Å². The predicted molar refractivity (Wildman–Crippen MR) is 86.7 cm³/mol. The lowest BCUT2D eigenvalue weighted by atomic mass is 10.0. The molecule has 0 bridgehead atoms. The normalized spacial score (nSPS) is 12.3. The monoisotopic (exact) mass is 323 g/mol. The van der Waals surface area contributed by atoms with Gasteiger partial charge in [-0.1, -0.05) is 19.1 Å². The summed E-state index contributed by atoms with van der Waals surface area (Å²) in [5.74, 6) is -0.555. The molecule has 0 aliphatic rings. The molecule has 0 fully saturated rings. The number of benzene rings is 1. The zero-order valence-electron chi connectivity index (χ0n) is 14.1. The molecule has 1 atom stereocenters. The highest BCUT2D eigenvalue weighted by Crippen LogP contribution is 2.15. The van der Waals surface area contributed by atoms with Gasteiger partial charge in [-0.15, -0.1) is 0 Å². The van der Waals surface area contributed by atoms with Gasteiger partial charge in [-0.3, -0.25) is 4.79 Å². The number of ether oxygens (including phenoxy) is 2. The van der Waals surface area contributed by atoms with Crippen LogP contribution in [0.4, 0.5) is 4.79 Å². The summed E-state index contributed by atoms with van der Waals surface area (Å²) < 4.78 is 10.6. The predicted octanol–water partition coefficient (Wildman–Crippen LogP) is 2.85. The standard InChI is InChI=1S/C17H25NO5/c1-12(15(19)20)11-13-5-7-14(8-6-13)22-10-9-18-16(21)23-17(2,3)4/h5-8,12H,9-11H2,1-4H3,(H,18,21)(H,19,20). The summed E-state index contributed by atoms with van der Waals surface area (Å²) in [6.07, 6.45) is 0.00891. The van der Waals surface area contributed by atoms with E-state index in [-0.39, 0.29) is 0 Å². The summed E-state index contributed by atoms with van der Waals surface area (Å²) >= 11 is 0. The van der Waals surface area contributed by atoms with Crippen LogP contribution in [0.25, 0.3) is 0 Å². The Hall–Kier alpha value is -2.24. The van der Waals surface area contributed by atoms with E-state index < -0.39 is 23.6 Å². The Balaban J connectivity index is 2.31.